The summed E-state index contributed by atoms with van der Waals surface area (Å²) in [5.41, 5.74) is 3.35. The molecule has 0 aliphatic rings. The van der Waals surface area contributed by atoms with Gasteiger partial charge in [0.15, 0.2) is 0 Å². The predicted octanol–water partition coefficient (Wildman–Crippen LogP) is 3.90. The molecule has 2 heterocycles. The molecular weight excluding hydrogens is 387 g/mol. The summed E-state index contributed by atoms with van der Waals surface area (Å²) in [5, 5.41) is 0.236. The molecule has 0 amide bonds. The second-order valence-corrected chi connectivity index (χ2v) is 8.31. The van der Waals surface area contributed by atoms with Crippen molar-refractivity contribution in [2.75, 3.05) is 0 Å². The van der Waals surface area contributed by atoms with Gasteiger partial charge in [-0.1, -0.05) is 24.3 Å². The minimum Gasteiger partial charge on any atom is -0.333 e. The number of fused-ring (bicyclic) bond motifs is 3. The number of aryl methyl sites for hydroxylation is 1. The lowest BCUT2D eigenvalue weighted by Gasteiger charge is -2.10. The number of halogens is 2. The van der Waals surface area contributed by atoms with Gasteiger partial charge in [-0.3, -0.25) is 4.57 Å². The SMILES string of the molecule is Cc1ncnc2c3c(F)cc(F)cc3n(Cc3ccc(CP(=O)(O)O)cc3)c12. The molecule has 6 nitrogen and oxygen atoms in total. The van der Waals surface area contributed by atoms with Crippen LogP contribution in [0.4, 0.5) is 8.78 Å². The van der Waals surface area contributed by atoms with E-state index in [-0.39, 0.29) is 11.5 Å². The van der Waals surface area contributed by atoms with E-state index in [0.717, 1.165) is 11.6 Å². The first kappa shape index (κ1) is 18.7. The maximum atomic E-state index is 14.5. The van der Waals surface area contributed by atoms with Gasteiger partial charge in [0, 0.05) is 12.6 Å². The summed E-state index contributed by atoms with van der Waals surface area (Å²) >= 11 is 0. The van der Waals surface area contributed by atoms with Crippen molar-refractivity contribution in [3.8, 4) is 0 Å². The maximum Gasteiger partial charge on any atom is 0.329 e. The van der Waals surface area contributed by atoms with Crippen LogP contribution < -0.4 is 0 Å². The van der Waals surface area contributed by atoms with Crippen LogP contribution in [0.3, 0.4) is 0 Å². The first-order valence-corrected chi connectivity index (χ1v) is 10.2. The predicted molar refractivity (Wildman–Crippen MR) is 101 cm³/mol. The molecule has 4 aromatic rings. The van der Waals surface area contributed by atoms with Crippen molar-refractivity contribution >= 4 is 29.5 Å². The zero-order valence-electron chi connectivity index (χ0n) is 14.8. The van der Waals surface area contributed by atoms with Gasteiger partial charge in [0.2, 0.25) is 0 Å². The van der Waals surface area contributed by atoms with Crippen molar-refractivity contribution in [2.45, 2.75) is 19.6 Å². The van der Waals surface area contributed by atoms with Gasteiger partial charge >= 0.3 is 7.60 Å². The molecule has 0 aliphatic heterocycles. The number of benzene rings is 2. The minimum absolute atomic E-state index is 0.236. The maximum absolute atomic E-state index is 14.5. The number of aromatic nitrogens is 3. The van der Waals surface area contributed by atoms with E-state index >= 15 is 0 Å². The Morgan fingerprint density at radius 3 is 2.43 bits per heavy atom. The van der Waals surface area contributed by atoms with E-state index in [2.05, 4.69) is 9.97 Å². The smallest absolute Gasteiger partial charge is 0.329 e. The second kappa shape index (κ2) is 6.74. The lowest BCUT2D eigenvalue weighted by Crippen LogP contribution is -2.02. The van der Waals surface area contributed by atoms with Crippen LogP contribution in [0.15, 0.2) is 42.7 Å². The third kappa shape index (κ3) is 3.42. The zero-order chi connectivity index (χ0) is 20.1. The highest BCUT2D eigenvalue weighted by molar-refractivity contribution is 7.50. The number of nitrogens with zero attached hydrogens (tertiary/aromatic N) is 3. The zero-order valence-corrected chi connectivity index (χ0v) is 15.7. The molecule has 0 spiro atoms. The Bertz CT molecular complexity index is 1250. The normalized spacial score (nSPS) is 12.2. The molecule has 2 aromatic heterocycles. The highest BCUT2D eigenvalue weighted by atomic mass is 31.2. The van der Waals surface area contributed by atoms with E-state index in [1.54, 1.807) is 35.8 Å². The summed E-state index contributed by atoms with van der Waals surface area (Å²) < 4.78 is 41.3. The Kier molecular flexibility index (Phi) is 4.50. The van der Waals surface area contributed by atoms with Gasteiger partial charge in [-0.05, 0) is 24.1 Å². The largest absolute Gasteiger partial charge is 0.333 e. The molecule has 0 bridgehead atoms. The molecule has 0 aliphatic carbocycles. The Labute approximate surface area is 158 Å². The lowest BCUT2D eigenvalue weighted by atomic mass is 10.1. The van der Waals surface area contributed by atoms with Gasteiger partial charge in [-0.2, -0.15) is 0 Å². The van der Waals surface area contributed by atoms with Crippen molar-refractivity contribution in [3.05, 3.63) is 71.2 Å². The summed E-state index contributed by atoms with van der Waals surface area (Å²) in [6.07, 6.45) is 1.01. The van der Waals surface area contributed by atoms with Gasteiger partial charge in [0.25, 0.3) is 0 Å². The van der Waals surface area contributed by atoms with E-state index in [9.17, 15) is 13.3 Å². The average molecular weight is 403 g/mol. The second-order valence-electron chi connectivity index (χ2n) is 6.66. The van der Waals surface area contributed by atoms with Gasteiger partial charge in [0.05, 0.1) is 28.3 Å². The van der Waals surface area contributed by atoms with Crippen LogP contribution >= 0.6 is 7.60 Å². The molecule has 28 heavy (non-hydrogen) atoms. The molecule has 9 heteroatoms. The van der Waals surface area contributed by atoms with Crippen LogP contribution in [0.1, 0.15) is 16.8 Å². The fourth-order valence-corrected chi connectivity index (χ4v) is 4.12. The number of rotatable bonds is 4. The first-order valence-electron chi connectivity index (χ1n) is 8.44. The van der Waals surface area contributed by atoms with Crippen LogP contribution in [0.25, 0.3) is 21.9 Å². The standard InChI is InChI=1S/C19H16F2N3O3P/c1-11-19-18(23-10-22-11)17-15(21)6-14(20)7-16(17)24(19)8-12-2-4-13(5-3-12)9-28(25,26)27/h2-7,10H,8-9H2,1H3,(H2,25,26,27). The molecule has 0 atom stereocenters. The van der Waals surface area contributed by atoms with Crippen molar-refractivity contribution in [1.82, 2.24) is 14.5 Å². The molecule has 4 rings (SSSR count). The van der Waals surface area contributed by atoms with Crippen LogP contribution in [0.2, 0.25) is 0 Å². The molecule has 0 unspecified atom stereocenters. The number of hydrogen-bond acceptors (Lipinski definition) is 3. The van der Waals surface area contributed by atoms with Crippen LogP contribution in [0, 0.1) is 18.6 Å². The van der Waals surface area contributed by atoms with Crippen molar-refractivity contribution < 1.29 is 23.1 Å². The molecule has 0 radical (unpaired) electrons. The Morgan fingerprint density at radius 1 is 1.07 bits per heavy atom. The molecule has 144 valence electrons. The summed E-state index contributed by atoms with van der Waals surface area (Å²) in [6.45, 7) is 2.07. The lowest BCUT2D eigenvalue weighted by molar-refractivity contribution is 0.371. The minimum atomic E-state index is -4.15. The quantitative estimate of drug-likeness (QED) is 0.505. The fourth-order valence-electron chi connectivity index (χ4n) is 3.44. The van der Waals surface area contributed by atoms with Crippen LogP contribution in [-0.2, 0) is 17.3 Å². The summed E-state index contributed by atoms with van der Waals surface area (Å²) in [4.78, 5) is 26.6. The summed E-state index contributed by atoms with van der Waals surface area (Å²) in [5.74, 6) is -1.37. The third-order valence-corrected chi connectivity index (χ3v) is 5.37. The Hall–Kier alpha value is -2.67. The molecule has 2 N–H and O–H groups in total. The molecule has 0 fully saturated rings. The first-order chi connectivity index (χ1) is 13.2. The van der Waals surface area contributed by atoms with E-state index < -0.39 is 19.2 Å². The average Bonchev–Trinajstić information content (AvgIpc) is 2.90. The Morgan fingerprint density at radius 2 is 1.75 bits per heavy atom. The molecule has 0 saturated carbocycles. The van der Waals surface area contributed by atoms with Gasteiger partial charge < -0.3 is 14.4 Å². The molecular formula is C19H16F2N3O3P. The summed E-state index contributed by atoms with van der Waals surface area (Å²) in [6, 6.07) is 8.83. The topological polar surface area (TPSA) is 88.2 Å². The highest BCUT2D eigenvalue weighted by Crippen LogP contribution is 2.39. The number of hydrogen-bond donors (Lipinski definition) is 2. The van der Waals surface area contributed by atoms with E-state index in [1.807, 2.05) is 0 Å². The highest BCUT2D eigenvalue weighted by Gasteiger charge is 2.19. The van der Waals surface area contributed by atoms with E-state index in [1.165, 1.54) is 12.4 Å². The van der Waals surface area contributed by atoms with E-state index in [0.29, 0.717) is 34.4 Å². The Balaban J connectivity index is 1.85. The van der Waals surface area contributed by atoms with E-state index in [4.69, 9.17) is 9.79 Å². The third-order valence-electron chi connectivity index (χ3n) is 4.59. The van der Waals surface area contributed by atoms with Crippen LogP contribution in [0.5, 0.6) is 0 Å². The van der Waals surface area contributed by atoms with Crippen molar-refractivity contribution in [3.63, 3.8) is 0 Å². The van der Waals surface area contributed by atoms with Gasteiger partial charge in [-0.15, -0.1) is 0 Å². The van der Waals surface area contributed by atoms with Crippen molar-refractivity contribution in [1.29, 1.82) is 0 Å². The molecule has 0 saturated heterocycles. The van der Waals surface area contributed by atoms with Gasteiger partial charge in [-0.25, -0.2) is 18.7 Å². The monoisotopic (exact) mass is 403 g/mol. The van der Waals surface area contributed by atoms with Gasteiger partial charge in [0.1, 0.15) is 23.5 Å². The summed E-state index contributed by atoms with van der Waals surface area (Å²) in [7, 11) is -4.15. The molecule has 2 aromatic carbocycles. The van der Waals surface area contributed by atoms with Crippen molar-refractivity contribution in [2.24, 2.45) is 0 Å². The fraction of sp³-hybridized carbons (Fsp3) is 0.158. The van der Waals surface area contributed by atoms with Crippen LogP contribution in [-0.4, -0.2) is 24.3 Å².